The molecule has 4 bridgehead atoms. The van der Waals surface area contributed by atoms with Gasteiger partial charge >= 0.3 is 0 Å². The van der Waals surface area contributed by atoms with Crippen LogP contribution >= 0.6 is 0 Å². The van der Waals surface area contributed by atoms with E-state index in [2.05, 4.69) is 30.3 Å². The van der Waals surface area contributed by atoms with Gasteiger partial charge in [0.25, 0.3) is 0 Å². The zero-order chi connectivity index (χ0) is 14.5. The molecule has 0 heterocycles. The molecule has 4 aliphatic rings. The Morgan fingerprint density at radius 2 is 1.81 bits per heavy atom. The highest BCUT2D eigenvalue weighted by Gasteiger charge is 2.58. The molecule has 4 aliphatic carbocycles. The Kier molecular flexibility index (Phi) is 2.90. The van der Waals surface area contributed by atoms with E-state index in [0.29, 0.717) is 6.42 Å². The summed E-state index contributed by atoms with van der Waals surface area (Å²) in [5.41, 5.74) is 3.72. The van der Waals surface area contributed by atoms with Crippen LogP contribution in [0.1, 0.15) is 50.5 Å². The largest absolute Gasteiger partial charge is 0.289 e. The van der Waals surface area contributed by atoms with E-state index in [4.69, 9.17) is 5.21 Å². The van der Waals surface area contributed by atoms with Gasteiger partial charge in [-0.05, 0) is 66.8 Å². The average Bonchev–Trinajstić information content (AvgIpc) is 2.46. The summed E-state index contributed by atoms with van der Waals surface area (Å²) in [6, 6.07) is 10.9. The topological polar surface area (TPSA) is 49.3 Å². The fourth-order valence-electron chi connectivity index (χ4n) is 6.17. The quantitative estimate of drug-likeness (QED) is 0.660. The lowest BCUT2D eigenvalue weighted by atomic mass is 9.42. The molecule has 1 aromatic carbocycles. The highest BCUT2D eigenvalue weighted by molar-refractivity contribution is 5.75. The zero-order valence-electron chi connectivity index (χ0n) is 12.3. The van der Waals surface area contributed by atoms with Gasteiger partial charge in [0, 0.05) is 6.42 Å². The standard InChI is InChI=1S/C18H23NO2/c20-16(19-21)11-17-7-13-6-14(8-17)10-18(9-13,12-17)15-4-2-1-3-5-15/h1-5,13-14,21H,6-12H2,(H,19,20)/t13-,14+,17?,18?. The summed E-state index contributed by atoms with van der Waals surface area (Å²) in [4.78, 5) is 11.8. The third-order valence-corrected chi connectivity index (χ3v) is 6.23. The van der Waals surface area contributed by atoms with Crippen LogP contribution in [0.2, 0.25) is 0 Å². The molecule has 4 fully saturated rings. The first-order chi connectivity index (χ1) is 10.1. The van der Waals surface area contributed by atoms with Gasteiger partial charge < -0.3 is 0 Å². The summed E-state index contributed by atoms with van der Waals surface area (Å²) in [6.45, 7) is 0. The number of benzene rings is 1. The van der Waals surface area contributed by atoms with E-state index >= 15 is 0 Å². The van der Waals surface area contributed by atoms with Gasteiger partial charge in [-0.15, -0.1) is 0 Å². The first kappa shape index (κ1) is 13.3. The molecule has 0 aliphatic heterocycles. The van der Waals surface area contributed by atoms with Crippen molar-refractivity contribution in [2.24, 2.45) is 17.3 Å². The van der Waals surface area contributed by atoms with Crippen LogP contribution in [0.3, 0.4) is 0 Å². The van der Waals surface area contributed by atoms with Gasteiger partial charge in [0.15, 0.2) is 0 Å². The molecule has 112 valence electrons. The minimum atomic E-state index is -0.208. The number of nitrogens with one attached hydrogen (secondary N) is 1. The van der Waals surface area contributed by atoms with E-state index in [0.717, 1.165) is 18.3 Å². The Hall–Kier alpha value is -1.35. The van der Waals surface area contributed by atoms with Crippen molar-refractivity contribution in [2.45, 2.75) is 50.4 Å². The number of hydrogen-bond donors (Lipinski definition) is 2. The SMILES string of the molecule is O=C(CC12C[C@H]3C[C@@H](C1)CC(c1ccccc1)(C3)C2)NO. The lowest BCUT2D eigenvalue weighted by Gasteiger charge is -2.62. The second kappa shape index (κ2) is 4.57. The second-order valence-electron chi connectivity index (χ2n) is 7.82. The predicted molar refractivity (Wildman–Crippen MR) is 79.8 cm³/mol. The summed E-state index contributed by atoms with van der Waals surface area (Å²) in [5, 5.41) is 8.92. The Morgan fingerprint density at radius 3 is 2.43 bits per heavy atom. The van der Waals surface area contributed by atoms with Crippen LogP contribution in [-0.2, 0) is 10.2 Å². The molecule has 5 rings (SSSR count). The van der Waals surface area contributed by atoms with E-state index in [1.165, 1.54) is 37.7 Å². The molecule has 0 spiro atoms. The monoisotopic (exact) mass is 285 g/mol. The summed E-state index contributed by atoms with van der Waals surface area (Å²) in [7, 11) is 0. The summed E-state index contributed by atoms with van der Waals surface area (Å²) in [5.74, 6) is 1.32. The van der Waals surface area contributed by atoms with E-state index < -0.39 is 0 Å². The van der Waals surface area contributed by atoms with Crippen molar-refractivity contribution in [3.63, 3.8) is 0 Å². The van der Waals surface area contributed by atoms with Crippen molar-refractivity contribution in [3.8, 4) is 0 Å². The number of rotatable bonds is 3. The average molecular weight is 285 g/mol. The predicted octanol–water partition coefficient (Wildman–Crippen LogP) is 3.42. The van der Waals surface area contributed by atoms with Crippen molar-refractivity contribution < 1.29 is 10.0 Å². The number of carbonyl (C=O) groups is 1. The minimum absolute atomic E-state index is 0.118. The fraction of sp³-hybridized carbons (Fsp3) is 0.611. The number of carbonyl (C=O) groups excluding carboxylic acids is 1. The summed E-state index contributed by atoms with van der Waals surface area (Å²) >= 11 is 0. The van der Waals surface area contributed by atoms with E-state index in [1.54, 1.807) is 0 Å². The smallest absolute Gasteiger partial charge is 0.243 e. The van der Waals surface area contributed by atoms with Crippen LogP contribution in [0.25, 0.3) is 0 Å². The lowest BCUT2D eigenvalue weighted by molar-refractivity contribution is -0.139. The lowest BCUT2D eigenvalue weighted by Crippen LogP contribution is -2.55. The third-order valence-electron chi connectivity index (χ3n) is 6.23. The molecule has 4 atom stereocenters. The molecular weight excluding hydrogens is 262 g/mol. The molecule has 3 heteroatoms. The molecule has 0 radical (unpaired) electrons. The molecule has 2 N–H and O–H groups in total. The first-order valence-corrected chi connectivity index (χ1v) is 8.12. The molecule has 0 aromatic heterocycles. The summed E-state index contributed by atoms with van der Waals surface area (Å²) < 4.78 is 0. The van der Waals surface area contributed by atoms with Crippen molar-refractivity contribution in [3.05, 3.63) is 35.9 Å². The molecule has 1 aromatic rings. The van der Waals surface area contributed by atoms with Crippen LogP contribution in [-0.4, -0.2) is 11.1 Å². The van der Waals surface area contributed by atoms with Crippen molar-refractivity contribution in [2.75, 3.05) is 0 Å². The number of hydroxylamine groups is 1. The Morgan fingerprint density at radius 1 is 1.14 bits per heavy atom. The van der Waals surface area contributed by atoms with Crippen LogP contribution < -0.4 is 5.48 Å². The van der Waals surface area contributed by atoms with E-state index in [1.807, 2.05) is 5.48 Å². The van der Waals surface area contributed by atoms with Gasteiger partial charge in [-0.25, -0.2) is 5.48 Å². The second-order valence-corrected chi connectivity index (χ2v) is 7.82. The molecule has 4 saturated carbocycles. The molecule has 3 nitrogen and oxygen atoms in total. The van der Waals surface area contributed by atoms with Crippen molar-refractivity contribution in [1.82, 2.24) is 5.48 Å². The van der Waals surface area contributed by atoms with Gasteiger partial charge in [-0.3, -0.25) is 10.0 Å². The van der Waals surface area contributed by atoms with E-state index in [-0.39, 0.29) is 16.7 Å². The Balaban J connectivity index is 1.70. The molecule has 0 saturated heterocycles. The highest BCUT2D eigenvalue weighted by Crippen LogP contribution is 2.66. The highest BCUT2D eigenvalue weighted by atomic mass is 16.5. The first-order valence-electron chi connectivity index (χ1n) is 8.12. The van der Waals surface area contributed by atoms with Crippen LogP contribution in [0.15, 0.2) is 30.3 Å². The molecule has 21 heavy (non-hydrogen) atoms. The fourth-order valence-corrected chi connectivity index (χ4v) is 6.17. The molecule has 2 unspecified atom stereocenters. The van der Waals surface area contributed by atoms with Gasteiger partial charge in [-0.1, -0.05) is 30.3 Å². The maximum absolute atomic E-state index is 11.8. The van der Waals surface area contributed by atoms with Crippen molar-refractivity contribution >= 4 is 5.91 Å². The van der Waals surface area contributed by atoms with Gasteiger partial charge in [0.2, 0.25) is 5.91 Å². The van der Waals surface area contributed by atoms with Crippen LogP contribution in [0, 0.1) is 17.3 Å². The van der Waals surface area contributed by atoms with Gasteiger partial charge in [0.1, 0.15) is 0 Å². The number of amides is 1. The maximum atomic E-state index is 11.8. The third kappa shape index (κ3) is 2.10. The summed E-state index contributed by atoms with van der Waals surface area (Å²) in [6.07, 6.45) is 7.87. The van der Waals surface area contributed by atoms with Crippen LogP contribution in [0.4, 0.5) is 0 Å². The zero-order valence-corrected chi connectivity index (χ0v) is 12.3. The number of hydrogen-bond acceptors (Lipinski definition) is 2. The van der Waals surface area contributed by atoms with E-state index in [9.17, 15) is 4.79 Å². The Labute approximate surface area is 125 Å². The van der Waals surface area contributed by atoms with Crippen molar-refractivity contribution in [1.29, 1.82) is 0 Å². The van der Waals surface area contributed by atoms with Crippen LogP contribution in [0.5, 0.6) is 0 Å². The van der Waals surface area contributed by atoms with Gasteiger partial charge in [-0.2, -0.15) is 0 Å². The van der Waals surface area contributed by atoms with Gasteiger partial charge in [0.05, 0.1) is 0 Å². The normalized spacial score (nSPS) is 40.2. The molecule has 1 amide bonds. The Bertz CT molecular complexity index is 540. The minimum Gasteiger partial charge on any atom is -0.289 e. The maximum Gasteiger partial charge on any atom is 0.243 e. The molecular formula is C18H23NO2.